The van der Waals surface area contributed by atoms with Crippen molar-refractivity contribution >= 4 is 40.7 Å². The number of amides is 2. The van der Waals surface area contributed by atoms with Gasteiger partial charge in [0.25, 0.3) is 5.91 Å². The Kier molecular flexibility index (Phi) is 5.86. The monoisotopic (exact) mass is 364 g/mol. The summed E-state index contributed by atoms with van der Waals surface area (Å²) in [5.74, 6) is -0.245. The maximum atomic E-state index is 12.1. The number of nitrogens with zero attached hydrogens (tertiary/aromatic N) is 2. The Balaban J connectivity index is 2.34. The van der Waals surface area contributed by atoms with Gasteiger partial charge >= 0.3 is 0 Å². The van der Waals surface area contributed by atoms with E-state index in [0.717, 1.165) is 5.56 Å². The number of benzene rings is 2. The van der Waals surface area contributed by atoms with Crippen LogP contribution < -0.4 is 4.90 Å². The van der Waals surface area contributed by atoms with Gasteiger partial charge in [0.15, 0.2) is 0 Å². The molecule has 6 heteroatoms. The second kappa shape index (κ2) is 7.69. The second-order valence-corrected chi connectivity index (χ2v) is 6.42. The number of hydrogen-bond donors (Lipinski definition) is 0. The first-order chi connectivity index (χ1) is 11.3. The van der Waals surface area contributed by atoms with E-state index >= 15 is 0 Å². The van der Waals surface area contributed by atoms with Crippen LogP contribution in [0.25, 0.3) is 0 Å². The Bertz CT molecular complexity index is 775. The van der Waals surface area contributed by atoms with Gasteiger partial charge in [-0.15, -0.1) is 0 Å². The summed E-state index contributed by atoms with van der Waals surface area (Å²) >= 11 is 12.0. The molecule has 0 bridgehead atoms. The van der Waals surface area contributed by atoms with Gasteiger partial charge in [0, 0.05) is 32.3 Å². The minimum atomic E-state index is -0.129. The van der Waals surface area contributed by atoms with E-state index in [4.69, 9.17) is 23.2 Å². The summed E-state index contributed by atoms with van der Waals surface area (Å²) in [5, 5.41) is 0.905. The number of hydrogen-bond acceptors (Lipinski definition) is 2. The predicted octanol–water partition coefficient (Wildman–Crippen LogP) is 4.25. The van der Waals surface area contributed by atoms with Gasteiger partial charge in [-0.3, -0.25) is 9.59 Å². The minimum Gasteiger partial charge on any atom is -0.345 e. The van der Waals surface area contributed by atoms with Gasteiger partial charge in [-0.2, -0.15) is 0 Å². The van der Waals surface area contributed by atoms with Crippen molar-refractivity contribution in [3.63, 3.8) is 0 Å². The highest BCUT2D eigenvalue weighted by molar-refractivity contribution is 6.42. The number of carbonyl (C=O) groups is 2. The Hall–Kier alpha value is -2.04. The van der Waals surface area contributed by atoms with Crippen LogP contribution in [-0.2, 0) is 11.3 Å². The third-order valence-corrected chi connectivity index (χ3v) is 4.25. The number of anilines is 1. The zero-order chi connectivity index (χ0) is 17.9. The van der Waals surface area contributed by atoms with Crippen LogP contribution in [0, 0.1) is 0 Å². The summed E-state index contributed by atoms with van der Waals surface area (Å²) in [7, 11) is 3.38. The minimum absolute atomic E-state index is 0.116. The quantitative estimate of drug-likeness (QED) is 0.813. The lowest BCUT2D eigenvalue weighted by atomic mass is 10.1. The second-order valence-electron chi connectivity index (χ2n) is 5.60. The highest BCUT2D eigenvalue weighted by Gasteiger charge is 2.15. The van der Waals surface area contributed by atoms with Crippen molar-refractivity contribution in [1.82, 2.24) is 4.90 Å². The van der Waals surface area contributed by atoms with Crippen LogP contribution in [-0.4, -0.2) is 30.8 Å². The molecule has 0 radical (unpaired) electrons. The molecule has 2 rings (SSSR count). The van der Waals surface area contributed by atoms with Crippen LogP contribution in [0.2, 0.25) is 10.0 Å². The van der Waals surface area contributed by atoms with E-state index in [2.05, 4.69) is 0 Å². The summed E-state index contributed by atoms with van der Waals surface area (Å²) in [4.78, 5) is 27.3. The maximum absolute atomic E-state index is 12.1. The fraction of sp³-hybridized carbons (Fsp3) is 0.222. The van der Waals surface area contributed by atoms with E-state index in [1.165, 1.54) is 11.8 Å². The van der Waals surface area contributed by atoms with E-state index in [1.54, 1.807) is 55.4 Å². The Morgan fingerprint density at radius 1 is 1.00 bits per heavy atom. The molecule has 0 atom stereocenters. The molecule has 0 N–H and O–H groups in total. The van der Waals surface area contributed by atoms with Crippen LogP contribution in [0.3, 0.4) is 0 Å². The topological polar surface area (TPSA) is 40.6 Å². The summed E-state index contributed by atoms with van der Waals surface area (Å²) in [6, 6.07) is 12.2. The van der Waals surface area contributed by atoms with Crippen LogP contribution >= 0.6 is 23.2 Å². The van der Waals surface area contributed by atoms with Crippen molar-refractivity contribution in [1.29, 1.82) is 0 Å². The molecule has 4 nitrogen and oxygen atoms in total. The first kappa shape index (κ1) is 18.3. The summed E-state index contributed by atoms with van der Waals surface area (Å²) in [6.45, 7) is 1.82. The molecule has 126 valence electrons. The maximum Gasteiger partial charge on any atom is 0.253 e. The molecule has 24 heavy (non-hydrogen) atoms. The van der Waals surface area contributed by atoms with Crippen molar-refractivity contribution in [2.45, 2.75) is 13.5 Å². The van der Waals surface area contributed by atoms with E-state index in [-0.39, 0.29) is 11.8 Å². The molecule has 0 aliphatic rings. The van der Waals surface area contributed by atoms with Gasteiger partial charge < -0.3 is 9.80 Å². The van der Waals surface area contributed by atoms with E-state index in [1.807, 2.05) is 6.07 Å². The third kappa shape index (κ3) is 4.28. The smallest absolute Gasteiger partial charge is 0.253 e. The third-order valence-electron chi connectivity index (χ3n) is 3.52. The number of rotatable bonds is 4. The molecule has 0 fully saturated rings. The van der Waals surface area contributed by atoms with Gasteiger partial charge in [-0.25, -0.2) is 0 Å². The van der Waals surface area contributed by atoms with E-state index in [9.17, 15) is 9.59 Å². The number of carbonyl (C=O) groups excluding carboxylic acids is 2. The highest BCUT2D eigenvalue weighted by Crippen LogP contribution is 2.25. The molecular formula is C18H18Cl2N2O2. The standard InChI is InChI=1S/C18H18Cl2N2O2/c1-12(23)22(11-13-7-8-16(19)17(20)9-13)15-6-4-5-14(10-15)18(24)21(2)3/h4-10H,11H2,1-3H3. The Morgan fingerprint density at radius 3 is 2.29 bits per heavy atom. The summed E-state index contributed by atoms with van der Waals surface area (Å²) in [5.41, 5.74) is 2.03. The van der Waals surface area contributed by atoms with E-state index < -0.39 is 0 Å². The molecule has 0 spiro atoms. The van der Waals surface area contributed by atoms with Crippen molar-refractivity contribution in [3.05, 3.63) is 63.6 Å². The van der Waals surface area contributed by atoms with Gasteiger partial charge in [-0.1, -0.05) is 35.3 Å². The first-order valence-electron chi connectivity index (χ1n) is 7.33. The van der Waals surface area contributed by atoms with Crippen LogP contribution in [0.1, 0.15) is 22.8 Å². The molecule has 0 aliphatic carbocycles. The van der Waals surface area contributed by atoms with Crippen LogP contribution in [0.15, 0.2) is 42.5 Å². The molecular weight excluding hydrogens is 347 g/mol. The number of halogens is 2. The highest BCUT2D eigenvalue weighted by atomic mass is 35.5. The van der Waals surface area contributed by atoms with Crippen molar-refractivity contribution in [3.8, 4) is 0 Å². The molecule has 0 saturated heterocycles. The molecule has 0 aliphatic heterocycles. The molecule has 0 saturated carbocycles. The fourth-order valence-electron chi connectivity index (χ4n) is 2.27. The molecule has 2 amide bonds. The lowest BCUT2D eigenvalue weighted by molar-refractivity contribution is -0.116. The van der Waals surface area contributed by atoms with Crippen LogP contribution in [0.5, 0.6) is 0 Å². The SMILES string of the molecule is CC(=O)N(Cc1ccc(Cl)c(Cl)c1)c1cccc(C(=O)N(C)C)c1. The Morgan fingerprint density at radius 2 is 1.71 bits per heavy atom. The molecule has 0 heterocycles. The van der Waals surface area contributed by atoms with Gasteiger partial charge in [-0.05, 0) is 35.9 Å². The summed E-state index contributed by atoms with van der Waals surface area (Å²) < 4.78 is 0. The van der Waals surface area contributed by atoms with E-state index in [0.29, 0.717) is 27.8 Å². The first-order valence-corrected chi connectivity index (χ1v) is 8.09. The lowest BCUT2D eigenvalue weighted by Crippen LogP contribution is -2.28. The molecule has 2 aromatic carbocycles. The van der Waals surface area contributed by atoms with Crippen molar-refractivity contribution < 1.29 is 9.59 Å². The Labute approximate surface area is 151 Å². The average Bonchev–Trinajstić information content (AvgIpc) is 2.54. The summed E-state index contributed by atoms with van der Waals surface area (Å²) in [6.07, 6.45) is 0. The van der Waals surface area contributed by atoms with Crippen LogP contribution in [0.4, 0.5) is 5.69 Å². The zero-order valence-corrected chi connectivity index (χ0v) is 15.2. The molecule has 0 unspecified atom stereocenters. The van der Waals surface area contributed by atoms with Gasteiger partial charge in [0.1, 0.15) is 0 Å². The molecule has 0 aromatic heterocycles. The fourth-order valence-corrected chi connectivity index (χ4v) is 2.59. The zero-order valence-electron chi connectivity index (χ0n) is 13.7. The van der Waals surface area contributed by atoms with Crippen molar-refractivity contribution in [2.24, 2.45) is 0 Å². The average molecular weight is 365 g/mol. The van der Waals surface area contributed by atoms with Gasteiger partial charge in [0.2, 0.25) is 5.91 Å². The largest absolute Gasteiger partial charge is 0.345 e. The van der Waals surface area contributed by atoms with Crippen molar-refractivity contribution in [2.75, 3.05) is 19.0 Å². The van der Waals surface area contributed by atoms with Gasteiger partial charge in [0.05, 0.1) is 16.6 Å². The normalized spacial score (nSPS) is 10.4. The predicted molar refractivity (Wildman–Crippen MR) is 97.8 cm³/mol. The lowest BCUT2D eigenvalue weighted by Gasteiger charge is -2.22. The molecule has 2 aromatic rings.